The summed E-state index contributed by atoms with van der Waals surface area (Å²) in [6.45, 7) is 0.0996. The molecule has 0 spiro atoms. The van der Waals surface area contributed by atoms with Gasteiger partial charge in [0.2, 0.25) is 0 Å². The van der Waals surface area contributed by atoms with Crippen molar-refractivity contribution in [1.29, 1.82) is 0 Å². The molecule has 0 saturated carbocycles. The quantitative estimate of drug-likeness (QED) is 0.880. The van der Waals surface area contributed by atoms with Gasteiger partial charge in [-0.2, -0.15) is 0 Å². The Morgan fingerprint density at radius 1 is 1.23 bits per heavy atom. The van der Waals surface area contributed by atoms with Crippen molar-refractivity contribution < 1.29 is 24.2 Å². The van der Waals surface area contributed by atoms with Gasteiger partial charge in [-0.3, -0.25) is 5.32 Å². The standard InChI is InChI=1S/C15H14N2O5/c1-21-11-7-12(14(18)19)16-13(8-11)17-15(20)22-9-10-5-3-2-4-6-10/h2-8H,9H2,1H3,(H,18,19)(H,16,17,20). The molecule has 1 amide bonds. The van der Waals surface area contributed by atoms with Crippen molar-refractivity contribution >= 4 is 17.9 Å². The Labute approximate surface area is 126 Å². The smallest absolute Gasteiger partial charge is 0.413 e. The molecule has 0 aliphatic carbocycles. The summed E-state index contributed by atoms with van der Waals surface area (Å²) in [5, 5.41) is 11.3. The van der Waals surface area contributed by atoms with Crippen LogP contribution in [0.25, 0.3) is 0 Å². The van der Waals surface area contributed by atoms with E-state index in [0.717, 1.165) is 5.56 Å². The van der Waals surface area contributed by atoms with Crippen LogP contribution in [0.2, 0.25) is 0 Å². The number of methoxy groups -OCH3 is 1. The third kappa shape index (κ3) is 4.20. The molecule has 1 heterocycles. The number of hydrogen-bond donors (Lipinski definition) is 2. The lowest BCUT2D eigenvalue weighted by Gasteiger charge is -2.08. The van der Waals surface area contributed by atoms with Gasteiger partial charge >= 0.3 is 12.1 Å². The van der Waals surface area contributed by atoms with E-state index in [4.69, 9.17) is 14.6 Å². The zero-order valence-corrected chi connectivity index (χ0v) is 11.8. The van der Waals surface area contributed by atoms with Crippen molar-refractivity contribution in [3.05, 3.63) is 53.7 Å². The van der Waals surface area contributed by atoms with Gasteiger partial charge in [0.05, 0.1) is 7.11 Å². The first kappa shape index (κ1) is 15.3. The second-order valence-corrected chi connectivity index (χ2v) is 4.27. The van der Waals surface area contributed by atoms with Crippen LogP contribution in [0.15, 0.2) is 42.5 Å². The normalized spacial score (nSPS) is 9.86. The largest absolute Gasteiger partial charge is 0.497 e. The number of amides is 1. The molecule has 2 N–H and O–H groups in total. The highest BCUT2D eigenvalue weighted by Gasteiger charge is 2.12. The summed E-state index contributed by atoms with van der Waals surface area (Å²) in [7, 11) is 1.39. The van der Waals surface area contributed by atoms with Crippen LogP contribution in [0.1, 0.15) is 16.1 Å². The van der Waals surface area contributed by atoms with Gasteiger partial charge in [-0.05, 0) is 5.56 Å². The Balaban J connectivity index is 2.01. The molecule has 0 aliphatic heterocycles. The van der Waals surface area contributed by atoms with Gasteiger partial charge in [-0.1, -0.05) is 30.3 Å². The predicted molar refractivity (Wildman–Crippen MR) is 78.0 cm³/mol. The third-order valence-electron chi connectivity index (χ3n) is 2.70. The summed E-state index contributed by atoms with van der Waals surface area (Å²) in [6.07, 6.45) is -0.735. The topological polar surface area (TPSA) is 97.8 Å². The maximum Gasteiger partial charge on any atom is 0.413 e. The molecule has 1 aromatic heterocycles. The van der Waals surface area contributed by atoms with Gasteiger partial charge < -0.3 is 14.6 Å². The van der Waals surface area contributed by atoms with Gasteiger partial charge in [0, 0.05) is 12.1 Å². The van der Waals surface area contributed by atoms with E-state index in [1.807, 2.05) is 30.3 Å². The van der Waals surface area contributed by atoms with Crippen molar-refractivity contribution in [2.24, 2.45) is 0 Å². The molecule has 22 heavy (non-hydrogen) atoms. The molecule has 2 rings (SSSR count). The van der Waals surface area contributed by atoms with Crippen LogP contribution in [0.5, 0.6) is 5.75 Å². The lowest BCUT2D eigenvalue weighted by molar-refractivity contribution is 0.0690. The average Bonchev–Trinajstić information content (AvgIpc) is 2.53. The maximum atomic E-state index is 11.7. The number of carbonyl (C=O) groups is 2. The summed E-state index contributed by atoms with van der Waals surface area (Å²) in [5.41, 5.74) is 0.597. The van der Waals surface area contributed by atoms with Gasteiger partial charge in [0.25, 0.3) is 0 Å². The SMILES string of the molecule is COc1cc(NC(=O)OCc2ccccc2)nc(C(=O)O)c1. The van der Waals surface area contributed by atoms with E-state index < -0.39 is 12.1 Å². The molecule has 2 aromatic rings. The van der Waals surface area contributed by atoms with E-state index in [1.54, 1.807) is 0 Å². The number of pyridine rings is 1. The average molecular weight is 302 g/mol. The van der Waals surface area contributed by atoms with Gasteiger partial charge in [-0.15, -0.1) is 0 Å². The molecule has 114 valence electrons. The Morgan fingerprint density at radius 3 is 2.59 bits per heavy atom. The number of nitrogens with one attached hydrogen (secondary N) is 1. The number of anilines is 1. The highest BCUT2D eigenvalue weighted by molar-refractivity contribution is 5.88. The fourth-order valence-corrected chi connectivity index (χ4v) is 1.66. The van der Waals surface area contributed by atoms with Crippen molar-refractivity contribution in [3.63, 3.8) is 0 Å². The molecule has 7 heteroatoms. The number of carbonyl (C=O) groups excluding carboxylic acids is 1. The molecular formula is C15H14N2O5. The first-order valence-corrected chi connectivity index (χ1v) is 6.35. The van der Waals surface area contributed by atoms with Crippen molar-refractivity contribution in [2.75, 3.05) is 12.4 Å². The summed E-state index contributed by atoms with van der Waals surface area (Å²) in [5.74, 6) is -0.917. The van der Waals surface area contributed by atoms with Crippen LogP contribution in [0.4, 0.5) is 10.6 Å². The van der Waals surface area contributed by atoms with Crippen molar-refractivity contribution in [3.8, 4) is 5.75 Å². The van der Waals surface area contributed by atoms with E-state index in [0.29, 0.717) is 0 Å². The van der Waals surface area contributed by atoms with Crippen LogP contribution in [0, 0.1) is 0 Å². The predicted octanol–water partition coefficient (Wildman–Crippen LogP) is 2.54. The number of ether oxygens (including phenoxy) is 2. The van der Waals surface area contributed by atoms with E-state index in [2.05, 4.69) is 10.3 Å². The van der Waals surface area contributed by atoms with Gasteiger partial charge in [-0.25, -0.2) is 14.6 Å². The molecular weight excluding hydrogens is 288 g/mol. The van der Waals surface area contributed by atoms with E-state index in [-0.39, 0.29) is 23.9 Å². The van der Waals surface area contributed by atoms with Gasteiger partial charge in [0.1, 0.15) is 18.2 Å². The van der Waals surface area contributed by atoms with Crippen molar-refractivity contribution in [2.45, 2.75) is 6.61 Å². The third-order valence-corrected chi connectivity index (χ3v) is 2.70. The minimum atomic E-state index is -1.22. The molecule has 0 atom stereocenters. The number of carboxylic acids is 1. The van der Waals surface area contributed by atoms with E-state index in [1.165, 1.54) is 19.2 Å². The monoisotopic (exact) mass is 302 g/mol. The summed E-state index contributed by atoms with van der Waals surface area (Å²) in [6, 6.07) is 11.8. The van der Waals surface area contributed by atoms with Crippen LogP contribution < -0.4 is 10.1 Å². The first-order valence-electron chi connectivity index (χ1n) is 6.35. The number of aromatic nitrogens is 1. The van der Waals surface area contributed by atoms with E-state index in [9.17, 15) is 9.59 Å². The fraction of sp³-hybridized carbons (Fsp3) is 0.133. The van der Waals surface area contributed by atoms with Crippen LogP contribution in [-0.2, 0) is 11.3 Å². The first-order chi connectivity index (χ1) is 10.6. The molecule has 1 aromatic carbocycles. The number of hydrogen-bond acceptors (Lipinski definition) is 5. The van der Waals surface area contributed by atoms with Crippen molar-refractivity contribution in [1.82, 2.24) is 4.98 Å². The molecule has 0 radical (unpaired) electrons. The van der Waals surface area contributed by atoms with Crippen LogP contribution >= 0.6 is 0 Å². The molecule has 0 fully saturated rings. The second-order valence-electron chi connectivity index (χ2n) is 4.27. The summed E-state index contributed by atoms with van der Waals surface area (Å²) < 4.78 is 9.99. The summed E-state index contributed by atoms with van der Waals surface area (Å²) in [4.78, 5) is 26.4. The fourth-order valence-electron chi connectivity index (χ4n) is 1.66. The van der Waals surface area contributed by atoms with Crippen LogP contribution in [-0.4, -0.2) is 29.3 Å². The molecule has 0 unspecified atom stereocenters. The zero-order chi connectivity index (χ0) is 15.9. The minimum Gasteiger partial charge on any atom is -0.497 e. The summed E-state index contributed by atoms with van der Waals surface area (Å²) >= 11 is 0. The highest BCUT2D eigenvalue weighted by atomic mass is 16.5. The number of rotatable bonds is 5. The Bertz CT molecular complexity index is 673. The molecule has 0 aliphatic rings. The Morgan fingerprint density at radius 2 is 1.95 bits per heavy atom. The maximum absolute atomic E-state index is 11.7. The molecule has 0 bridgehead atoms. The number of carboxylic acid groups (broad SMARTS) is 1. The Hall–Kier alpha value is -3.09. The zero-order valence-electron chi connectivity index (χ0n) is 11.8. The molecule has 7 nitrogen and oxygen atoms in total. The Kier molecular flexibility index (Phi) is 4.92. The lowest BCUT2D eigenvalue weighted by Crippen LogP contribution is -2.15. The number of nitrogens with zero attached hydrogens (tertiary/aromatic N) is 1. The van der Waals surface area contributed by atoms with Crippen LogP contribution in [0.3, 0.4) is 0 Å². The number of benzene rings is 1. The molecule has 0 saturated heterocycles. The van der Waals surface area contributed by atoms with Gasteiger partial charge in [0.15, 0.2) is 5.69 Å². The minimum absolute atomic E-state index is 0.0369. The number of aromatic carboxylic acids is 1. The second kappa shape index (κ2) is 7.07. The van der Waals surface area contributed by atoms with E-state index >= 15 is 0 Å². The lowest BCUT2D eigenvalue weighted by atomic mass is 10.2. The highest BCUT2D eigenvalue weighted by Crippen LogP contribution is 2.17.